The summed E-state index contributed by atoms with van der Waals surface area (Å²) in [5.41, 5.74) is 7.42. The maximum atomic E-state index is 9.92. The fourth-order valence-electron chi connectivity index (χ4n) is 1.80. The number of hydrogen-bond acceptors (Lipinski definition) is 3. The highest BCUT2D eigenvalue weighted by atomic mass is 35.5. The van der Waals surface area contributed by atoms with Gasteiger partial charge >= 0.3 is 0 Å². The molecule has 0 aromatic heterocycles. The highest BCUT2D eigenvalue weighted by Gasteiger charge is 2.23. The van der Waals surface area contributed by atoms with Crippen molar-refractivity contribution >= 4 is 11.6 Å². The van der Waals surface area contributed by atoms with Gasteiger partial charge in [-0.05, 0) is 24.6 Å². The minimum Gasteiger partial charge on any atom is -0.493 e. The lowest BCUT2D eigenvalue weighted by Gasteiger charge is -2.18. The van der Waals surface area contributed by atoms with Crippen molar-refractivity contribution in [1.29, 1.82) is 0 Å². The van der Waals surface area contributed by atoms with E-state index in [1.807, 2.05) is 6.07 Å². The standard InChI is InChI=1S/C11H14ClNO2/c1-6(13)10(14)9-5-8(12)4-7-2-3-15-11(7)9/h4-6,10,14H,2-3,13H2,1H3. The van der Waals surface area contributed by atoms with E-state index in [4.69, 9.17) is 22.1 Å². The molecular formula is C11H14ClNO2. The van der Waals surface area contributed by atoms with Gasteiger partial charge in [0.05, 0.1) is 12.7 Å². The SMILES string of the molecule is CC(N)C(O)c1cc(Cl)cc2c1OCC2. The van der Waals surface area contributed by atoms with Crippen LogP contribution in [0.25, 0.3) is 0 Å². The zero-order valence-corrected chi connectivity index (χ0v) is 9.29. The monoisotopic (exact) mass is 227 g/mol. The third-order valence-corrected chi connectivity index (χ3v) is 2.81. The number of benzene rings is 1. The van der Waals surface area contributed by atoms with Crippen LogP contribution >= 0.6 is 11.6 Å². The first kappa shape index (κ1) is 10.7. The molecule has 0 aliphatic carbocycles. The molecule has 0 spiro atoms. The lowest BCUT2D eigenvalue weighted by molar-refractivity contribution is 0.149. The third-order valence-electron chi connectivity index (χ3n) is 2.59. The Kier molecular flexibility index (Phi) is 2.87. The summed E-state index contributed by atoms with van der Waals surface area (Å²) in [6.45, 7) is 2.40. The molecule has 1 aromatic carbocycles. The summed E-state index contributed by atoms with van der Waals surface area (Å²) in [5.74, 6) is 0.754. The second kappa shape index (κ2) is 4.00. The number of ether oxygens (including phenoxy) is 1. The Morgan fingerprint density at radius 2 is 2.27 bits per heavy atom. The average molecular weight is 228 g/mol. The van der Waals surface area contributed by atoms with Gasteiger partial charge < -0.3 is 15.6 Å². The van der Waals surface area contributed by atoms with Gasteiger partial charge in [0.15, 0.2) is 0 Å². The van der Waals surface area contributed by atoms with E-state index in [1.165, 1.54) is 0 Å². The van der Waals surface area contributed by atoms with Crippen LogP contribution in [-0.2, 0) is 6.42 Å². The number of rotatable bonds is 2. The summed E-state index contributed by atoms with van der Waals surface area (Å²) >= 11 is 5.97. The highest BCUT2D eigenvalue weighted by Crippen LogP contribution is 2.36. The number of fused-ring (bicyclic) bond motifs is 1. The van der Waals surface area contributed by atoms with Gasteiger partial charge in [0.25, 0.3) is 0 Å². The van der Waals surface area contributed by atoms with Crippen molar-refractivity contribution in [3.63, 3.8) is 0 Å². The van der Waals surface area contributed by atoms with Crippen LogP contribution in [-0.4, -0.2) is 17.8 Å². The van der Waals surface area contributed by atoms with E-state index in [0.717, 1.165) is 17.7 Å². The molecule has 1 aliphatic heterocycles. The second-order valence-electron chi connectivity index (χ2n) is 3.89. The van der Waals surface area contributed by atoms with E-state index in [-0.39, 0.29) is 6.04 Å². The second-order valence-corrected chi connectivity index (χ2v) is 4.32. The van der Waals surface area contributed by atoms with E-state index >= 15 is 0 Å². The molecule has 1 heterocycles. The van der Waals surface area contributed by atoms with Crippen LogP contribution in [0.5, 0.6) is 5.75 Å². The van der Waals surface area contributed by atoms with Crippen molar-refractivity contribution in [2.24, 2.45) is 5.73 Å². The van der Waals surface area contributed by atoms with Crippen molar-refractivity contribution in [3.8, 4) is 5.75 Å². The maximum absolute atomic E-state index is 9.92. The quantitative estimate of drug-likeness (QED) is 0.808. The molecule has 15 heavy (non-hydrogen) atoms. The van der Waals surface area contributed by atoms with Crippen molar-refractivity contribution in [2.75, 3.05) is 6.61 Å². The van der Waals surface area contributed by atoms with Crippen molar-refractivity contribution in [2.45, 2.75) is 25.5 Å². The molecule has 4 heteroatoms. The van der Waals surface area contributed by atoms with Crippen LogP contribution in [0, 0.1) is 0 Å². The van der Waals surface area contributed by atoms with E-state index in [9.17, 15) is 5.11 Å². The number of aliphatic hydroxyl groups excluding tert-OH is 1. The largest absolute Gasteiger partial charge is 0.493 e. The fraction of sp³-hybridized carbons (Fsp3) is 0.455. The van der Waals surface area contributed by atoms with Crippen molar-refractivity contribution < 1.29 is 9.84 Å². The van der Waals surface area contributed by atoms with Crippen LogP contribution in [0.15, 0.2) is 12.1 Å². The number of halogens is 1. The topological polar surface area (TPSA) is 55.5 Å². The molecule has 0 radical (unpaired) electrons. The Bertz CT molecular complexity index is 379. The van der Waals surface area contributed by atoms with Crippen molar-refractivity contribution in [3.05, 3.63) is 28.3 Å². The predicted octanol–water partition coefficient (Wildman–Crippen LogP) is 1.66. The number of nitrogens with two attached hydrogens (primary N) is 1. The van der Waals surface area contributed by atoms with E-state index < -0.39 is 6.10 Å². The lowest BCUT2D eigenvalue weighted by Crippen LogP contribution is -2.24. The Morgan fingerprint density at radius 3 is 2.93 bits per heavy atom. The Morgan fingerprint density at radius 1 is 1.53 bits per heavy atom. The average Bonchev–Trinajstić information content (AvgIpc) is 2.62. The predicted molar refractivity (Wildman–Crippen MR) is 59.3 cm³/mol. The van der Waals surface area contributed by atoms with Crippen LogP contribution in [0.1, 0.15) is 24.2 Å². The summed E-state index contributed by atoms with van der Waals surface area (Å²) in [7, 11) is 0. The fourth-order valence-corrected chi connectivity index (χ4v) is 2.05. The van der Waals surface area contributed by atoms with Gasteiger partial charge in [-0.1, -0.05) is 11.6 Å². The first-order valence-corrected chi connectivity index (χ1v) is 5.36. The van der Waals surface area contributed by atoms with Gasteiger partial charge in [-0.15, -0.1) is 0 Å². The minimum absolute atomic E-state index is 0.336. The molecule has 2 rings (SSSR count). The summed E-state index contributed by atoms with van der Waals surface area (Å²) in [6.07, 6.45) is 0.115. The van der Waals surface area contributed by atoms with Crippen molar-refractivity contribution in [1.82, 2.24) is 0 Å². The smallest absolute Gasteiger partial charge is 0.128 e. The molecule has 0 amide bonds. The summed E-state index contributed by atoms with van der Waals surface area (Å²) < 4.78 is 5.48. The van der Waals surface area contributed by atoms with E-state index in [1.54, 1.807) is 13.0 Å². The molecule has 1 aromatic rings. The molecule has 0 bridgehead atoms. The zero-order chi connectivity index (χ0) is 11.0. The summed E-state index contributed by atoms with van der Waals surface area (Å²) in [5, 5.41) is 10.5. The Labute approximate surface area is 93.8 Å². The molecule has 3 N–H and O–H groups in total. The van der Waals surface area contributed by atoms with Gasteiger partial charge in [-0.2, -0.15) is 0 Å². The number of aliphatic hydroxyl groups is 1. The highest BCUT2D eigenvalue weighted by molar-refractivity contribution is 6.30. The van der Waals surface area contributed by atoms with Crippen LogP contribution in [0.3, 0.4) is 0 Å². The maximum Gasteiger partial charge on any atom is 0.128 e. The first-order valence-electron chi connectivity index (χ1n) is 4.98. The van der Waals surface area contributed by atoms with Gasteiger partial charge in [-0.3, -0.25) is 0 Å². The molecule has 0 saturated heterocycles. The molecular weight excluding hydrogens is 214 g/mol. The van der Waals surface area contributed by atoms with Crippen LogP contribution in [0.2, 0.25) is 5.02 Å². The molecule has 1 aliphatic rings. The zero-order valence-electron chi connectivity index (χ0n) is 8.53. The van der Waals surface area contributed by atoms with Gasteiger partial charge in [0, 0.05) is 23.0 Å². The Hall–Kier alpha value is -0.770. The summed E-state index contributed by atoms with van der Waals surface area (Å²) in [6, 6.07) is 3.26. The molecule has 82 valence electrons. The molecule has 0 fully saturated rings. The van der Waals surface area contributed by atoms with Crippen LogP contribution in [0.4, 0.5) is 0 Å². The third kappa shape index (κ3) is 1.95. The first-order chi connectivity index (χ1) is 7.09. The van der Waals surface area contributed by atoms with Gasteiger partial charge in [0.1, 0.15) is 5.75 Å². The molecule has 0 saturated carbocycles. The molecule has 3 nitrogen and oxygen atoms in total. The lowest BCUT2D eigenvalue weighted by atomic mass is 10.00. The normalized spacial score (nSPS) is 18.1. The molecule has 2 atom stereocenters. The minimum atomic E-state index is -0.726. The van der Waals surface area contributed by atoms with E-state index in [0.29, 0.717) is 17.2 Å². The van der Waals surface area contributed by atoms with Gasteiger partial charge in [-0.25, -0.2) is 0 Å². The summed E-state index contributed by atoms with van der Waals surface area (Å²) in [4.78, 5) is 0. The number of hydrogen-bond donors (Lipinski definition) is 2. The molecule has 2 unspecified atom stereocenters. The Balaban J connectivity index is 2.47. The van der Waals surface area contributed by atoms with E-state index in [2.05, 4.69) is 0 Å². The van der Waals surface area contributed by atoms with Gasteiger partial charge in [0.2, 0.25) is 0 Å². The van der Waals surface area contributed by atoms with Crippen LogP contribution < -0.4 is 10.5 Å².